The van der Waals surface area contributed by atoms with Gasteiger partial charge in [-0.3, -0.25) is 0 Å². The number of aryl methyl sites for hydroxylation is 1. The van der Waals surface area contributed by atoms with Crippen molar-refractivity contribution < 1.29 is 4.79 Å². The van der Waals surface area contributed by atoms with E-state index in [1.807, 2.05) is 29.8 Å². The number of nitrogens with two attached hydrogens (primary N) is 1. The smallest absolute Gasteiger partial charge is 0.335 e. The minimum Gasteiger partial charge on any atom is -0.350 e. The number of halogens is 1. The van der Waals surface area contributed by atoms with Crippen LogP contribution in [0.15, 0.2) is 35.8 Å². The summed E-state index contributed by atoms with van der Waals surface area (Å²) in [7, 11) is 1.90. The van der Waals surface area contributed by atoms with E-state index in [9.17, 15) is 4.79 Å². The van der Waals surface area contributed by atoms with Gasteiger partial charge in [0.05, 0.1) is 42.2 Å². The van der Waals surface area contributed by atoms with Gasteiger partial charge in [0.2, 0.25) is 6.54 Å². The van der Waals surface area contributed by atoms with Gasteiger partial charge >= 0.3 is 6.03 Å². The molecule has 2 N–H and O–H groups in total. The second-order valence-electron chi connectivity index (χ2n) is 8.33. The number of benzene rings is 1. The van der Waals surface area contributed by atoms with Gasteiger partial charge in [0.15, 0.2) is 0 Å². The van der Waals surface area contributed by atoms with Crippen molar-refractivity contribution >= 4 is 34.7 Å². The van der Waals surface area contributed by atoms with E-state index in [1.165, 1.54) is 17.9 Å². The lowest BCUT2D eigenvalue weighted by Gasteiger charge is -2.19. The SMILES string of the molecule is [C-]#[N+]CCc1cc2c(C=NN(CCN3CCCC3)C(N)=O)cc(-c3cncn3C)nc2cc1Cl. The van der Waals surface area contributed by atoms with Crippen molar-refractivity contribution in [2.45, 2.75) is 19.3 Å². The van der Waals surface area contributed by atoms with E-state index >= 15 is 0 Å². The third-order valence-corrected chi connectivity index (χ3v) is 6.35. The zero-order valence-corrected chi connectivity index (χ0v) is 19.9. The Morgan fingerprint density at radius 3 is 2.82 bits per heavy atom. The van der Waals surface area contributed by atoms with E-state index in [1.54, 1.807) is 18.7 Å². The van der Waals surface area contributed by atoms with Crippen LogP contribution in [0.4, 0.5) is 4.79 Å². The minimum absolute atomic E-state index is 0.348. The Morgan fingerprint density at radius 1 is 1.35 bits per heavy atom. The topological polar surface area (TPSA) is 97.0 Å². The van der Waals surface area contributed by atoms with Gasteiger partial charge in [-0.1, -0.05) is 11.6 Å². The molecule has 2 amide bonds. The molecule has 4 rings (SSSR count). The summed E-state index contributed by atoms with van der Waals surface area (Å²) in [5.41, 5.74) is 9.49. The molecule has 10 heteroatoms. The fourth-order valence-electron chi connectivity index (χ4n) is 4.13. The number of rotatable bonds is 8. The number of pyridine rings is 1. The van der Waals surface area contributed by atoms with Gasteiger partial charge in [-0.25, -0.2) is 26.3 Å². The van der Waals surface area contributed by atoms with E-state index in [2.05, 4.69) is 19.8 Å². The highest BCUT2D eigenvalue weighted by atomic mass is 35.5. The summed E-state index contributed by atoms with van der Waals surface area (Å²) in [6.07, 6.45) is 8.00. The molecule has 0 spiro atoms. The van der Waals surface area contributed by atoms with Crippen LogP contribution in [0.3, 0.4) is 0 Å². The number of nitrogens with zero attached hydrogens (tertiary/aromatic N) is 7. The van der Waals surface area contributed by atoms with Crippen molar-refractivity contribution in [3.05, 3.63) is 58.3 Å². The number of imidazole rings is 1. The standard InChI is InChI=1S/C24H27ClN8O/c1-27-6-5-17-11-19-18(14-29-33(24(26)34)10-9-32-7-3-4-8-32)12-22(23-15-28-16-31(23)2)30-21(19)13-20(17)25/h11-16H,3-10H2,2H3,(H2,26,34). The Labute approximate surface area is 203 Å². The van der Waals surface area contributed by atoms with Crippen molar-refractivity contribution in [1.29, 1.82) is 0 Å². The zero-order chi connectivity index (χ0) is 24.1. The molecule has 1 aromatic carbocycles. The summed E-state index contributed by atoms with van der Waals surface area (Å²) in [5.74, 6) is 0. The van der Waals surface area contributed by atoms with Crippen LogP contribution in [0.5, 0.6) is 0 Å². The van der Waals surface area contributed by atoms with E-state index in [4.69, 9.17) is 28.9 Å². The van der Waals surface area contributed by atoms with Crippen molar-refractivity contribution in [3.8, 4) is 11.4 Å². The number of amides is 2. The molecule has 3 aromatic rings. The van der Waals surface area contributed by atoms with Gasteiger partial charge < -0.3 is 20.0 Å². The Morgan fingerprint density at radius 2 is 2.15 bits per heavy atom. The number of aromatic nitrogens is 3. The molecular weight excluding hydrogens is 452 g/mol. The number of urea groups is 1. The van der Waals surface area contributed by atoms with Crippen molar-refractivity contribution in [1.82, 2.24) is 24.4 Å². The van der Waals surface area contributed by atoms with Crippen LogP contribution in [-0.2, 0) is 13.5 Å². The number of carbonyl (C=O) groups is 1. The normalized spacial score (nSPS) is 14.1. The predicted molar refractivity (Wildman–Crippen MR) is 134 cm³/mol. The lowest BCUT2D eigenvalue weighted by atomic mass is 10.0. The number of hydrazone groups is 1. The summed E-state index contributed by atoms with van der Waals surface area (Å²) < 4.78 is 1.88. The fourth-order valence-corrected chi connectivity index (χ4v) is 4.38. The highest BCUT2D eigenvalue weighted by Crippen LogP contribution is 2.29. The first kappa shape index (κ1) is 23.7. The molecule has 9 nitrogen and oxygen atoms in total. The Bertz CT molecular complexity index is 1260. The van der Waals surface area contributed by atoms with E-state index in [-0.39, 0.29) is 0 Å². The molecule has 1 aliphatic heterocycles. The highest BCUT2D eigenvalue weighted by molar-refractivity contribution is 6.32. The monoisotopic (exact) mass is 478 g/mol. The van der Waals surface area contributed by atoms with Crippen LogP contribution in [-0.4, -0.2) is 69.4 Å². The third-order valence-electron chi connectivity index (χ3n) is 6.00. The first-order valence-electron chi connectivity index (χ1n) is 11.2. The Hall–Kier alpha value is -3.48. The first-order valence-corrected chi connectivity index (χ1v) is 11.6. The summed E-state index contributed by atoms with van der Waals surface area (Å²) in [5, 5.41) is 7.14. The van der Waals surface area contributed by atoms with Crippen molar-refractivity contribution in [2.24, 2.45) is 17.9 Å². The molecule has 1 aliphatic rings. The van der Waals surface area contributed by atoms with Crippen molar-refractivity contribution in [3.63, 3.8) is 0 Å². The van der Waals surface area contributed by atoms with Gasteiger partial charge in [0, 0.05) is 36.0 Å². The Balaban J connectivity index is 1.73. The molecular formula is C24H27ClN8O. The van der Waals surface area contributed by atoms with Gasteiger partial charge in [-0.2, -0.15) is 5.10 Å². The summed E-state index contributed by atoms with van der Waals surface area (Å²) in [4.78, 5) is 26.8. The zero-order valence-electron chi connectivity index (χ0n) is 19.1. The second-order valence-corrected chi connectivity index (χ2v) is 8.74. The van der Waals surface area contributed by atoms with Gasteiger partial charge in [-0.05, 0) is 49.7 Å². The van der Waals surface area contributed by atoms with Crippen LogP contribution in [0, 0.1) is 6.57 Å². The average molecular weight is 479 g/mol. The number of hydrogen-bond donors (Lipinski definition) is 1. The van der Waals surface area contributed by atoms with Crippen LogP contribution in [0.2, 0.25) is 5.02 Å². The number of fused-ring (bicyclic) bond motifs is 1. The van der Waals surface area contributed by atoms with E-state index < -0.39 is 6.03 Å². The summed E-state index contributed by atoms with van der Waals surface area (Å²) >= 11 is 6.50. The molecule has 0 atom stereocenters. The molecule has 0 radical (unpaired) electrons. The average Bonchev–Trinajstić information content (AvgIpc) is 3.49. The molecule has 0 saturated carbocycles. The van der Waals surface area contributed by atoms with Crippen molar-refractivity contribution in [2.75, 3.05) is 32.7 Å². The maximum absolute atomic E-state index is 12.1. The molecule has 0 bridgehead atoms. The van der Waals surface area contributed by atoms with Gasteiger partial charge in [-0.15, -0.1) is 0 Å². The van der Waals surface area contributed by atoms with Gasteiger partial charge in [0.1, 0.15) is 0 Å². The Kier molecular flexibility index (Phi) is 7.40. The van der Waals surface area contributed by atoms with Gasteiger partial charge in [0.25, 0.3) is 0 Å². The molecule has 3 heterocycles. The van der Waals surface area contributed by atoms with Crippen LogP contribution in [0.25, 0.3) is 27.1 Å². The van der Waals surface area contributed by atoms with Crippen LogP contribution < -0.4 is 5.73 Å². The molecule has 176 valence electrons. The minimum atomic E-state index is -0.596. The van der Waals surface area contributed by atoms with E-state index in [0.29, 0.717) is 35.7 Å². The quantitative estimate of drug-likeness (QED) is 0.304. The molecule has 34 heavy (non-hydrogen) atoms. The maximum atomic E-state index is 12.1. The molecule has 1 fully saturated rings. The lowest BCUT2D eigenvalue weighted by molar-refractivity contribution is 0.200. The van der Waals surface area contributed by atoms with Crippen LogP contribution >= 0.6 is 11.6 Å². The van der Waals surface area contributed by atoms with Crippen LogP contribution in [0.1, 0.15) is 24.0 Å². The third kappa shape index (κ3) is 5.35. The highest BCUT2D eigenvalue weighted by Gasteiger charge is 2.16. The molecule has 0 unspecified atom stereocenters. The molecule has 0 aliphatic carbocycles. The number of carbonyl (C=O) groups excluding carboxylic acids is 1. The molecule has 1 saturated heterocycles. The summed E-state index contributed by atoms with van der Waals surface area (Å²) in [6, 6.07) is 5.08. The molecule has 2 aromatic heterocycles. The number of hydrogen-bond acceptors (Lipinski definition) is 5. The number of primary amides is 1. The fraction of sp³-hybridized carbons (Fsp3) is 0.375. The first-order chi connectivity index (χ1) is 16.5. The largest absolute Gasteiger partial charge is 0.350 e. The summed E-state index contributed by atoms with van der Waals surface area (Å²) in [6.45, 7) is 10.7. The maximum Gasteiger partial charge on any atom is 0.335 e. The predicted octanol–water partition coefficient (Wildman–Crippen LogP) is 3.56. The lowest BCUT2D eigenvalue weighted by Crippen LogP contribution is -2.37. The second kappa shape index (κ2) is 10.6. The van der Waals surface area contributed by atoms with E-state index in [0.717, 1.165) is 41.8 Å². The number of likely N-dealkylation sites (tertiary alicyclic amines) is 1.